The Morgan fingerprint density at radius 2 is 1.46 bits per heavy atom. The summed E-state index contributed by atoms with van der Waals surface area (Å²) in [6.07, 6.45) is -4.41. The quantitative estimate of drug-likeness (QED) is 0.700. The highest BCUT2D eigenvalue weighted by Gasteiger charge is 2.31. The number of alkyl halides is 3. The van der Waals surface area contributed by atoms with E-state index in [0.717, 1.165) is 12.1 Å². The zero-order chi connectivity index (χ0) is 10.2. The molecular formula is C7H6BrF3N2. The number of nitrogen functional groups attached to an aromatic ring is 2. The second-order valence-electron chi connectivity index (χ2n) is 2.47. The standard InChI is InChI=1S/C7H6BrF3N2/c8-6-4(12)1-3(2-5(6)13)7(9,10)11/h1-2H,12-13H2. The Kier molecular flexibility index (Phi) is 2.42. The summed E-state index contributed by atoms with van der Waals surface area (Å²) in [5.74, 6) is 0. The molecule has 0 bridgehead atoms. The van der Waals surface area contributed by atoms with Crippen molar-refractivity contribution in [3.63, 3.8) is 0 Å². The minimum Gasteiger partial charge on any atom is -0.398 e. The van der Waals surface area contributed by atoms with Gasteiger partial charge in [-0.25, -0.2) is 0 Å². The molecule has 0 aromatic heterocycles. The van der Waals surface area contributed by atoms with Gasteiger partial charge in [-0.1, -0.05) is 0 Å². The summed E-state index contributed by atoms with van der Waals surface area (Å²) in [7, 11) is 0. The average molecular weight is 255 g/mol. The van der Waals surface area contributed by atoms with Crippen LogP contribution in [0.4, 0.5) is 24.5 Å². The van der Waals surface area contributed by atoms with Crippen LogP contribution in [0.2, 0.25) is 0 Å². The molecular weight excluding hydrogens is 249 g/mol. The maximum atomic E-state index is 12.2. The molecule has 1 aromatic carbocycles. The molecule has 0 spiro atoms. The van der Waals surface area contributed by atoms with E-state index in [1.807, 2.05) is 0 Å². The predicted octanol–water partition coefficient (Wildman–Crippen LogP) is 2.63. The summed E-state index contributed by atoms with van der Waals surface area (Å²) in [6, 6.07) is 1.67. The third-order valence-electron chi connectivity index (χ3n) is 1.46. The zero-order valence-corrected chi connectivity index (χ0v) is 7.91. The lowest BCUT2D eigenvalue weighted by Crippen LogP contribution is -2.07. The maximum absolute atomic E-state index is 12.2. The van der Waals surface area contributed by atoms with Crippen molar-refractivity contribution in [2.24, 2.45) is 0 Å². The van der Waals surface area contributed by atoms with Crippen molar-refractivity contribution in [2.75, 3.05) is 11.5 Å². The van der Waals surface area contributed by atoms with E-state index in [0.29, 0.717) is 4.47 Å². The number of nitrogens with two attached hydrogens (primary N) is 2. The Hall–Kier alpha value is -0.910. The van der Waals surface area contributed by atoms with Gasteiger partial charge in [0.05, 0.1) is 10.0 Å². The minimum absolute atomic E-state index is 0.0210. The molecule has 0 saturated carbocycles. The molecule has 13 heavy (non-hydrogen) atoms. The van der Waals surface area contributed by atoms with Gasteiger partial charge in [0, 0.05) is 11.4 Å². The van der Waals surface area contributed by atoms with E-state index in [2.05, 4.69) is 15.9 Å². The Morgan fingerprint density at radius 1 is 1.08 bits per heavy atom. The molecule has 0 aliphatic heterocycles. The van der Waals surface area contributed by atoms with Crippen LogP contribution in [0.15, 0.2) is 16.6 Å². The van der Waals surface area contributed by atoms with Crippen LogP contribution in [0.5, 0.6) is 0 Å². The van der Waals surface area contributed by atoms with Gasteiger partial charge in [-0.3, -0.25) is 0 Å². The van der Waals surface area contributed by atoms with Gasteiger partial charge in [0.1, 0.15) is 0 Å². The molecule has 0 aliphatic rings. The second-order valence-corrected chi connectivity index (χ2v) is 3.26. The summed E-state index contributed by atoms with van der Waals surface area (Å²) in [6.45, 7) is 0. The van der Waals surface area contributed by atoms with E-state index in [1.54, 1.807) is 0 Å². The van der Waals surface area contributed by atoms with Gasteiger partial charge < -0.3 is 11.5 Å². The van der Waals surface area contributed by atoms with E-state index in [4.69, 9.17) is 11.5 Å². The minimum atomic E-state index is -4.41. The molecule has 0 saturated heterocycles. The van der Waals surface area contributed by atoms with Gasteiger partial charge in [-0.05, 0) is 28.1 Å². The molecule has 0 heterocycles. The number of hydrogen-bond donors (Lipinski definition) is 2. The first kappa shape index (κ1) is 10.2. The Balaban J connectivity index is 3.29. The molecule has 0 unspecified atom stereocenters. The van der Waals surface area contributed by atoms with Crippen LogP contribution < -0.4 is 11.5 Å². The van der Waals surface area contributed by atoms with E-state index >= 15 is 0 Å². The highest BCUT2D eigenvalue weighted by Crippen LogP contribution is 2.36. The summed E-state index contributed by atoms with van der Waals surface area (Å²) in [4.78, 5) is 0. The lowest BCUT2D eigenvalue weighted by Gasteiger charge is -2.10. The van der Waals surface area contributed by atoms with Crippen LogP contribution in [0.25, 0.3) is 0 Å². The Bertz CT molecular complexity index is 312. The number of rotatable bonds is 0. The molecule has 0 amide bonds. The van der Waals surface area contributed by atoms with Gasteiger partial charge in [0.2, 0.25) is 0 Å². The molecule has 0 aliphatic carbocycles. The van der Waals surface area contributed by atoms with Gasteiger partial charge in [0.25, 0.3) is 0 Å². The van der Waals surface area contributed by atoms with E-state index in [9.17, 15) is 13.2 Å². The monoisotopic (exact) mass is 254 g/mol. The van der Waals surface area contributed by atoms with Crippen molar-refractivity contribution in [3.05, 3.63) is 22.2 Å². The first-order chi connectivity index (χ1) is 5.82. The van der Waals surface area contributed by atoms with E-state index in [-0.39, 0.29) is 11.4 Å². The zero-order valence-electron chi connectivity index (χ0n) is 6.32. The van der Waals surface area contributed by atoms with Gasteiger partial charge in [-0.2, -0.15) is 13.2 Å². The van der Waals surface area contributed by atoms with Crippen LogP contribution in [0.1, 0.15) is 5.56 Å². The topological polar surface area (TPSA) is 52.0 Å². The lowest BCUT2D eigenvalue weighted by atomic mass is 10.2. The molecule has 72 valence electrons. The van der Waals surface area contributed by atoms with Crippen LogP contribution >= 0.6 is 15.9 Å². The maximum Gasteiger partial charge on any atom is 0.416 e. The van der Waals surface area contributed by atoms with Gasteiger partial charge in [0.15, 0.2) is 0 Å². The van der Waals surface area contributed by atoms with Crippen molar-refractivity contribution < 1.29 is 13.2 Å². The smallest absolute Gasteiger partial charge is 0.398 e. The van der Waals surface area contributed by atoms with Crippen molar-refractivity contribution in [1.82, 2.24) is 0 Å². The van der Waals surface area contributed by atoms with Gasteiger partial charge in [-0.15, -0.1) is 0 Å². The second kappa shape index (κ2) is 3.10. The predicted molar refractivity (Wildman–Crippen MR) is 48.0 cm³/mol. The van der Waals surface area contributed by atoms with E-state index in [1.165, 1.54) is 0 Å². The molecule has 1 rings (SSSR count). The number of anilines is 2. The molecule has 1 aromatic rings. The highest BCUT2D eigenvalue weighted by molar-refractivity contribution is 9.10. The fraction of sp³-hybridized carbons (Fsp3) is 0.143. The first-order valence-electron chi connectivity index (χ1n) is 3.24. The molecule has 2 nitrogen and oxygen atoms in total. The lowest BCUT2D eigenvalue weighted by molar-refractivity contribution is -0.137. The van der Waals surface area contributed by atoms with Gasteiger partial charge >= 0.3 is 6.18 Å². The third-order valence-corrected chi connectivity index (χ3v) is 2.37. The summed E-state index contributed by atoms with van der Waals surface area (Å²) < 4.78 is 36.8. The Morgan fingerprint density at radius 3 is 1.77 bits per heavy atom. The summed E-state index contributed by atoms with van der Waals surface area (Å²) in [5.41, 5.74) is 9.70. The largest absolute Gasteiger partial charge is 0.416 e. The number of hydrogen-bond acceptors (Lipinski definition) is 2. The fourth-order valence-electron chi connectivity index (χ4n) is 0.834. The van der Waals surface area contributed by atoms with E-state index < -0.39 is 11.7 Å². The normalized spacial score (nSPS) is 11.7. The SMILES string of the molecule is Nc1cc(C(F)(F)F)cc(N)c1Br. The highest BCUT2D eigenvalue weighted by atomic mass is 79.9. The molecule has 0 fully saturated rings. The first-order valence-corrected chi connectivity index (χ1v) is 4.03. The summed E-state index contributed by atoms with van der Waals surface area (Å²) in [5, 5.41) is 0. The van der Waals surface area contributed by atoms with Crippen LogP contribution in [-0.2, 0) is 6.18 Å². The number of benzene rings is 1. The van der Waals surface area contributed by atoms with Crippen LogP contribution in [-0.4, -0.2) is 0 Å². The summed E-state index contributed by atoms with van der Waals surface area (Å²) >= 11 is 2.96. The van der Waals surface area contributed by atoms with Crippen LogP contribution in [0.3, 0.4) is 0 Å². The fourth-order valence-corrected chi connectivity index (χ4v) is 1.06. The van der Waals surface area contributed by atoms with Crippen LogP contribution in [0, 0.1) is 0 Å². The number of halogens is 4. The van der Waals surface area contributed by atoms with Crippen molar-refractivity contribution >= 4 is 27.3 Å². The molecule has 0 radical (unpaired) electrons. The molecule has 6 heteroatoms. The molecule has 4 N–H and O–H groups in total. The molecule has 0 atom stereocenters. The Labute approximate surface area is 80.8 Å². The van der Waals surface area contributed by atoms with Crippen molar-refractivity contribution in [3.8, 4) is 0 Å². The third kappa shape index (κ3) is 2.06. The average Bonchev–Trinajstić information content (AvgIpc) is 1.97. The van der Waals surface area contributed by atoms with Crippen molar-refractivity contribution in [2.45, 2.75) is 6.18 Å². The van der Waals surface area contributed by atoms with Crippen molar-refractivity contribution in [1.29, 1.82) is 0 Å².